The Labute approximate surface area is 198 Å². The van der Waals surface area contributed by atoms with Crippen LogP contribution >= 0.6 is 0 Å². The minimum Gasteiger partial charge on any atom is -0.403 e. The molecule has 13 heteroatoms. The minimum absolute atomic E-state index is 0.0181. The first-order valence-electron chi connectivity index (χ1n) is 10.2. The summed E-state index contributed by atoms with van der Waals surface area (Å²) in [5, 5.41) is 12.2. The van der Waals surface area contributed by atoms with Gasteiger partial charge in [-0.3, -0.25) is 4.68 Å². The second-order valence-electron chi connectivity index (χ2n) is 7.49. The molecule has 0 bridgehead atoms. The van der Waals surface area contributed by atoms with Crippen LogP contribution in [0.15, 0.2) is 60.9 Å². The molecule has 2 aliphatic heterocycles. The fraction of sp³-hybridized carbons (Fsp3) is 0.0870. The van der Waals surface area contributed by atoms with Crippen LogP contribution in [0.4, 0.5) is 26.3 Å². The Hall–Kier alpha value is -4.55. The van der Waals surface area contributed by atoms with Crippen LogP contribution < -0.4 is 4.74 Å². The van der Waals surface area contributed by atoms with Crippen molar-refractivity contribution in [2.24, 2.45) is 0 Å². The molecule has 0 N–H and O–H groups in total. The summed E-state index contributed by atoms with van der Waals surface area (Å²) in [7, 11) is 0. The van der Waals surface area contributed by atoms with Crippen LogP contribution in [-0.4, -0.2) is 36.3 Å². The van der Waals surface area contributed by atoms with Gasteiger partial charge < -0.3 is 4.74 Å². The zero-order chi connectivity index (χ0) is 25.4. The topological polar surface area (TPSA) is 78.6 Å². The fourth-order valence-corrected chi connectivity index (χ4v) is 3.38. The van der Waals surface area contributed by atoms with E-state index in [1.807, 2.05) is 0 Å². The Morgan fingerprint density at radius 1 is 0.833 bits per heavy atom. The highest BCUT2D eigenvalue weighted by molar-refractivity contribution is 5.65. The summed E-state index contributed by atoms with van der Waals surface area (Å²) in [5.74, 6) is -4.19. The number of benzene rings is 2. The first-order valence-corrected chi connectivity index (χ1v) is 10.2. The number of imidazole rings is 1. The highest BCUT2D eigenvalue weighted by Crippen LogP contribution is 2.29. The summed E-state index contributed by atoms with van der Waals surface area (Å²) in [6.07, 6.45) is -2.05. The maximum absolute atomic E-state index is 14.1. The van der Waals surface area contributed by atoms with E-state index in [-0.39, 0.29) is 29.2 Å². The third-order valence-corrected chi connectivity index (χ3v) is 5.00. The van der Waals surface area contributed by atoms with Crippen LogP contribution in [0.3, 0.4) is 0 Å². The van der Waals surface area contributed by atoms with Gasteiger partial charge in [0.25, 0.3) is 0 Å². The Morgan fingerprint density at radius 3 is 2.36 bits per heavy atom. The predicted molar refractivity (Wildman–Crippen MR) is 113 cm³/mol. The lowest BCUT2D eigenvalue weighted by atomic mass is 10.1. The van der Waals surface area contributed by atoms with E-state index >= 15 is 0 Å². The molecule has 1 aromatic heterocycles. The number of aromatic nitrogens is 6. The van der Waals surface area contributed by atoms with Gasteiger partial charge in [0.15, 0.2) is 29.0 Å². The van der Waals surface area contributed by atoms with Gasteiger partial charge in [0, 0.05) is 5.56 Å². The van der Waals surface area contributed by atoms with Crippen LogP contribution in [0.5, 0.6) is 5.75 Å². The molecule has 36 heavy (non-hydrogen) atoms. The average Bonchev–Trinajstić information content (AvgIpc) is 3.25. The van der Waals surface area contributed by atoms with Gasteiger partial charge in [-0.25, -0.2) is 23.1 Å². The van der Waals surface area contributed by atoms with Crippen molar-refractivity contribution in [2.75, 3.05) is 0 Å². The van der Waals surface area contributed by atoms with Crippen molar-refractivity contribution < 1.29 is 31.1 Å². The maximum atomic E-state index is 14.1. The Balaban J connectivity index is 1.34. The third kappa shape index (κ3) is 4.80. The van der Waals surface area contributed by atoms with Crippen LogP contribution in [0.1, 0.15) is 5.69 Å². The van der Waals surface area contributed by atoms with Gasteiger partial charge in [-0.1, -0.05) is 6.07 Å². The quantitative estimate of drug-likeness (QED) is 0.305. The van der Waals surface area contributed by atoms with Gasteiger partial charge in [0.2, 0.25) is 0 Å². The maximum Gasteiger partial charge on any atom is 0.573 e. The van der Waals surface area contributed by atoms with Crippen LogP contribution in [-0.2, 0) is 6.54 Å². The average molecular weight is 502 g/mol. The molecule has 0 radical (unpaired) electrons. The molecule has 0 spiro atoms. The zero-order valence-electron chi connectivity index (χ0n) is 17.8. The zero-order valence-corrected chi connectivity index (χ0v) is 17.8. The smallest absolute Gasteiger partial charge is 0.403 e. The third-order valence-electron chi connectivity index (χ3n) is 5.00. The normalized spacial score (nSPS) is 11.7. The largest absolute Gasteiger partial charge is 0.573 e. The van der Waals surface area contributed by atoms with E-state index in [1.54, 1.807) is 12.3 Å². The van der Waals surface area contributed by atoms with Crippen molar-refractivity contribution in [1.82, 2.24) is 29.9 Å². The number of nitrogens with zero attached hydrogens (tertiary/aromatic N) is 6. The van der Waals surface area contributed by atoms with Crippen LogP contribution in [0, 0.1) is 17.5 Å². The Morgan fingerprint density at radius 2 is 1.64 bits per heavy atom. The molecule has 7 nitrogen and oxygen atoms in total. The van der Waals surface area contributed by atoms with E-state index in [0.29, 0.717) is 17.1 Å². The molecule has 0 saturated carbocycles. The van der Waals surface area contributed by atoms with E-state index in [0.717, 1.165) is 18.2 Å². The van der Waals surface area contributed by atoms with E-state index in [1.165, 1.54) is 35.1 Å². The molecule has 0 amide bonds. The van der Waals surface area contributed by atoms with Gasteiger partial charge in [0.1, 0.15) is 11.4 Å². The van der Waals surface area contributed by atoms with Crippen LogP contribution in [0.2, 0.25) is 0 Å². The first-order chi connectivity index (χ1) is 17.2. The van der Waals surface area contributed by atoms with Gasteiger partial charge in [-0.2, -0.15) is 15.3 Å². The number of hydrogen-bond acceptors (Lipinski definition) is 6. The number of halogens is 6. The first kappa shape index (κ1) is 23.2. The number of alkyl halides is 3. The fourth-order valence-electron chi connectivity index (χ4n) is 3.38. The highest BCUT2D eigenvalue weighted by atomic mass is 19.4. The van der Waals surface area contributed by atoms with Gasteiger partial charge in [-0.05, 0) is 42.5 Å². The monoisotopic (exact) mass is 502 g/mol. The van der Waals surface area contributed by atoms with Crippen LogP contribution in [0.25, 0.3) is 34.0 Å². The molecular formula is C23H12F6N6O. The van der Waals surface area contributed by atoms with Crippen molar-refractivity contribution in [3.05, 3.63) is 84.1 Å². The molecular weight excluding hydrogens is 490 g/mol. The molecule has 5 rings (SSSR count). The summed E-state index contributed by atoms with van der Waals surface area (Å²) in [6.45, 7) is 0.159. The summed E-state index contributed by atoms with van der Waals surface area (Å²) in [5.41, 5.74) is 1.60. The van der Waals surface area contributed by atoms with Crippen molar-refractivity contribution in [2.45, 2.75) is 12.9 Å². The molecule has 182 valence electrons. The molecule has 0 atom stereocenters. The lowest BCUT2D eigenvalue weighted by molar-refractivity contribution is -0.275. The SMILES string of the molecule is Fc1cc(-c2ccc(Cn3cc4nc(-c5cccc(F)c5F)nc-4cn3)nn2)ccc1OC(F)(F)F. The van der Waals surface area contributed by atoms with Crippen molar-refractivity contribution in [3.63, 3.8) is 0 Å². The van der Waals surface area contributed by atoms with Crippen molar-refractivity contribution in [1.29, 1.82) is 0 Å². The summed E-state index contributed by atoms with van der Waals surface area (Å²) in [6, 6.07) is 9.78. The molecule has 0 aliphatic carbocycles. The van der Waals surface area contributed by atoms with E-state index < -0.39 is 29.6 Å². The molecule has 0 unspecified atom stereocenters. The highest BCUT2D eigenvalue weighted by Gasteiger charge is 2.32. The Kier molecular flexibility index (Phi) is 5.74. The summed E-state index contributed by atoms with van der Waals surface area (Å²) >= 11 is 0. The summed E-state index contributed by atoms with van der Waals surface area (Å²) < 4.78 is 83.6. The Bertz CT molecular complexity index is 1520. The molecule has 3 aromatic rings. The molecule has 0 saturated heterocycles. The number of fused-ring (bicyclic) bond motifs is 1. The molecule has 0 fully saturated rings. The number of rotatable bonds is 5. The molecule has 3 heterocycles. The number of ether oxygens (including phenoxy) is 1. The second-order valence-corrected chi connectivity index (χ2v) is 7.49. The van der Waals surface area contributed by atoms with Gasteiger partial charge in [-0.15, -0.1) is 13.2 Å². The predicted octanol–water partition coefficient (Wildman–Crippen LogP) is 5.27. The van der Waals surface area contributed by atoms with E-state index in [2.05, 4.69) is 30.0 Å². The standard InChI is InChI=1S/C23H12F6N6O/c24-15-3-1-2-14(21(15)26)22-31-18-9-30-35(11-19(18)32-22)10-13-5-6-17(34-33-13)12-4-7-20(16(25)8-12)36-23(27,28)29/h1-9,11H,10H2. The van der Waals surface area contributed by atoms with Gasteiger partial charge in [0.05, 0.1) is 35.9 Å². The van der Waals surface area contributed by atoms with Gasteiger partial charge >= 0.3 is 6.36 Å². The number of hydrogen-bond donors (Lipinski definition) is 0. The summed E-state index contributed by atoms with van der Waals surface area (Å²) in [4.78, 5) is 8.44. The van der Waals surface area contributed by atoms with Crippen molar-refractivity contribution >= 4 is 0 Å². The lowest BCUT2D eigenvalue weighted by Gasteiger charge is -2.10. The minimum atomic E-state index is -5.01. The van der Waals surface area contributed by atoms with Crippen molar-refractivity contribution in [3.8, 4) is 39.8 Å². The second kappa shape index (κ2) is 8.91. The lowest BCUT2D eigenvalue weighted by Crippen LogP contribution is -2.17. The molecule has 2 aliphatic rings. The van der Waals surface area contributed by atoms with E-state index in [9.17, 15) is 26.3 Å². The van der Waals surface area contributed by atoms with E-state index in [4.69, 9.17) is 0 Å². The molecule has 2 aromatic carbocycles.